The van der Waals surface area contributed by atoms with Crippen LogP contribution in [0, 0.1) is 22.7 Å². The van der Waals surface area contributed by atoms with E-state index in [0.29, 0.717) is 24.7 Å². The fraction of sp³-hybridized carbons (Fsp3) is 0.694. The van der Waals surface area contributed by atoms with Crippen LogP contribution >= 0.6 is 11.3 Å². The summed E-state index contributed by atoms with van der Waals surface area (Å²) in [6.45, 7) is 13.6. The van der Waals surface area contributed by atoms with Crippen LogP contribution < -0.4 is 0 Å². The van der Waals surface area contributed by atoms with Gasteiger partial charge in [0.15, 0.2) is 0 Å². The summed E-state index contributed by atoms with van der Waals surface area (Å²) in [4.78, 5) is 6.15. The second-order valence-electron chi connectivity index (χ2n) is 14.5. The van der Waals surface area contributed by atoms with Crippen molar-refractivity contribution in [1.29, 1.82) is 0 Å². The Kier molecular flexibility index (Phi) is 9.22. The van der Waals surface area contributed by atoms with E-state index in [1.807, 2.05) is 17.5 Å². The molecule has 1 aromatic rings. The van der Waals surface area contributed by atoms with Gasteiger partial charge in [-0.15, -0.1) is 11.3 Å². The molecule has 0 amide bonds. The zero-order valence-electron chi connectivity index (χ0n) is 25.9. The average molecular weight is 580 g/mol. The van der Waals surface area contributed by atoms with E-state index in [2.05, 4.69) is 58.6 Å². The maximum Gasteiger partial charge on any atom is 0.102 e. The maximum absolute atomic E-state index is 11.4. The summed E-state index contributed by atoms with van der Waals surface area (Å²) >= 11 is 1.82. The number of rotatable bonds is 10. The van der Waals surface area contributed by atoms with Crippen LogP contribution in [0.2, 0.25) is 0 Å². The number of aromatic nitrogens is 1. The number of allylic oxidation sites excluding steroid dienone is 4. The van der Waals surface area contributed by atoms with E-state index in [-0.39, 0.29) is 16.2 Å². The molecule has 4 fully saturated rings. The van der Waals surface area contributed by atoms with Gasteiger partial charge < -0.3 is 15.3 Å². The first kappa shape index (κ1) is 30.9. The maximum atomic E-state index is 11.4. The zero-order valence-corrected chi connectivity index (χ0v) is 26.7. The van der Waals surface area contributed by atoms with E-state index in [1.165, 1.54) is 55.4 Å². The van der Waals surface area contributed by atoms with Crippen molar-refractivity contribution in [2.45, 2.75) is 135 Å². The van der Waals surface area contributed by atoms with Crippen LogP contribution in [0.1, 0.15) is 115 Å². The van der Waals surface area contributed by atoms with Crippen molar-refractivity contribution in [3.8, 4) is 0 Å². The summed E-state index contributed by atoms with van der Waals surface area (Å²) in [5, 5.41) is 33.0. The quantitative estimate of drug-likeness (QED) is 0.194. The van der Waals surface area contributed by atoms with Crippen LogP contribution in [0.4, 0.5) is 0 Å². The van der Waals surface area contributed by atoms with E-state index < -0.39 is 18.3 Å². The number of fused-ring (bicyclic) bond motifs is 1. The lowest BCUT2D eigenvalue weighted by Crippen LogP contribution is -2.39. The summed E-state index contributed by atoms with van der Waals surface area (Å²) in [6, 6.07) is 0. The lowest BCUT2D eigenvalue weighted by atomic mass is 9.57. The van der Waals surface area contributed by atoms with E-state index in [4.69, 9.17) is 4.98 Å². The van der Waals surface area contributed by atoms with Crippen molar-refractivity contribution in [1.82, 2.24) is 4.98 Å². The Morgan fingerprint density at radius 2 is 1.95 bits per heavy atom. The minimum atomic E-state index is -0.642. The van der Waals surface area contributed by atoms with Crippen LogP contribution in [0.3, 0.4) is 0 Å². The third kappa shape index (κ3) is 6.25. The van der Waals surface area contributed by atoms with Gasteiger partial charge >= 0.3 is 0 Å². The molecule has 4 nitrogen and oxygen atoms in total. The Hall–Kier alpha value is -1.53. The van der Waals surface area contributed by atoms with Gasteiger partial charge in [-0.3, -0.25) is 0 Å². The molecule has 0 spiro atoms. The Morgan fingerprint density at radius 1 is 1.17 bits per heavy atom. The summed E-state index contributed by atoms with van der Waals surface area (Å²) in [7, 11) is 0. The Bertz CT molecular complexity index is 1190. The lowest BCUT2D eigenvalue weighted by molar-refractivity contribution is 0.0706. The second kappa shape index (κ2) is 12.2. The van der Waals surface area contributed by atoms with Gasteiger partial charge in [-0.25, -0.2) is 4.98 Å². The van der Waals surface area contributed by atoms with Gasteiger partial charge in [0.2, 0.25) is 0 Å². The highest BCUT2D eigenvalue weighted by atomic mass is 32.1. The molecule has 0 aromatic carbocycles. The number of unbranched alkanes of at least 4 members (excludes halogenated alkanes) is 2. The van der Waals surface area contributed by atoms with Crippen molar-refractivity contribution in [2.24, 2.45) is 22.7 Å². The predicted octanol–water partition coefficient (Wildman–Crippen LogP) is 7.99. The van der Waals surface area contributed by atoms with Crippen molar-refractivity contribution >= 4 is 11.3 Å². The number of thiazole rings is 1. The number of aliphatic hydroxyl groups excluding tert-OH is 3. The summed E-state index contributed by atoms with van der Waals surface area (Å²) in [5.74, 6) is 1.10. The Balaban J connectivity index is 1.28. The summed E-state index contributed by atoms with van der Waals surface area (Å²) in [6.07, 6.45) is 23.1. The van der Waals surface area contributed by atoms with Gasteiger partial charge in [-0.2, -0.15) is 0 Å². The lowest BCUT2D eigenvalue weighted by Gasteiger charge is -2.47. The first-order valence-electron chi connectivity index (χ1n) is 16.3. The van der Waals surface area contributed by atoms with E-state index in [9.17, 15) is 15.3 Å². The molecule has 0 unspecified atom stereocenters. The normalized spacial score (nSPS) is 34.5. The topological polar surface area (TPSA) is 73.6 Å². The van der Waals surface area contributed by atoms with Crippen LogP contribution in [-0.2, 0) is 11.8 Å². The number of aliphatic hydroxyl groups is 3. The highest BCUT2D eigenvalue weighted by Crippen LogP contribution is 2.62. The second-order valence-corrected chi connectivity index (χ2v) is 15.6. The van der Waals surface area contributed by atoms with Gasteiger partial charge in [-0.1, -0.05) is 77.0 Å². The molecule has 0 aliphatic heterocycles. The Labute approximate surface area is 252 Å². The molecule has 0 radical (unpaired) electrons. The number of hydrogen-bond donors (Lipinski definition) is 3. The van der Waals surface area contributed by atoms with Crippen molar-refractivity contribution < 1.29 is 15.3 Å². The molecule has 4 aliphatic rings. The third-order valence-corrected chi connectivity index (χ3v) is 12.5. The number of aryl methyl sites for hydroxylation is 1. The fourth-order valence-corrected chi connectivity index (χ4v) is 9.77. The molecule has 1 heterocycles. The number of nitrogens with zero attached hydrogens (tertiary/aromatic N) is 1. The molecule has 0 saturated heterocycles. The van der Waals surface area contributed by atoms with Crippen molar-refractivity contribution in [3.05, 3.63) is 63.7 Å². The van der Waals surface area contributed by atoms with Crippen molar-refractivity contribution in [2.75, 3.05) is 0 Å². The largest absolute Gasteiger partial charge is 0.393 e. The third-order valence-electron chi connectivity index (χ3n) is 11.2. The first-order valence-corrected chi connectivity index (χ1v) is 17.1. The molecule has 1 aromatic heterocycles. The van der Waals surface area contributed by atoms with Crippen LogP contribution in [0.25, 0.3) is 0 Å². The molecule has 0 bridgehead atoms. The molecule has 226 valence electrons. The smallest absolute Gasteiger partial charge is 0.102 e. The monoisotopic (exact) mass is 579 g/mol. The van der Waals surface area contributed by atoms with Gasteiger partial charge in [0, 0.05) is 17.5 Å². The number of hydrogen-bond acceptors (Lipinski definition) is 5. The van der Waals surface area contributed by atoms with Crippen LogP contribution in [-0.4, -0.2) is 38.6 Å². The highest BCUT2D eigenvalue weighted by molar-refractivity contribution is 7.11. The SMILES string of the molecule is C=C1/C(=C\C=C2/CCC[C@]3(C)[C@@H](C(C)(C)/C=C/[C@H](O)C4(c5ncc(CCCCC)s5)CC4)CC[C@@H]23)C[C@@H](O)C[C@@H]1O. The first-order chi connectivity index (χ1) is 19.5. The molecule has 3 N–H and O–H groups in total. The van der Waals surface area contributed by atoms with Gasteiger partial charge in [0.05, 0.1) is 23.7 Å². The fourth-order valence-electron chi connectivity index (χ4n) is 8.54. The van der Waals surface area contributed by atoms with Crippen LogP contribution in [0.15, 0.2) is 53.8 Å². The summed E-state index contributed by atoms with van der Waals surface area (Å²) in [5.41, 5.74) is 3.31. The van der Waals surface area contributed by atoms with Crippen LogP contribution in [0.5, 0.6) is 0 Å². The molecule has 4 saturated carbocycles. The average Bonchev–Trinajstić information content (AvgIpc) is 3.45. The zero-order chi connectivity index (χ0) is 29.4. The summed E-state index contributed by atoms with van der Waals surface area (Å²) < 4.78 is 0. The molecule has 5 rings (SSSR count). The molecular weight excluding hydrogens is 526 g/mol. The minimum absolute atomic E-state index is 0.0124. The van der Waals surface area contributed by atoms with E-state index in [1.54, 1.807) is 0 Å². The highest BCUT2D eigenvalue weighted by Gasteiger charge is 2.54. The van der Waals surface area contributed by atoms with Crippen molar-refractivity contribution in [3.63, 3.8) is 0 Å². The van der Waals surface area contributed by atoms with Gasteiger partial charge in [0.1, 0.15) is 5.01 Å². The molecule has 6 atom stereocenters. The molecule has 5 heteroatoms. The molecular formula is C36H53NO3S. The van der Waals surface area contributed by atoms with Gasteiger partial charge in [-0.05, 0) is 98.0 Å². The predicted molar refractivity (Wildman–Crippen MR) is 170 cm³/mol. The Morgan fingerprint density at radius 3 is 2.68 bits per heavy atom. The molecule has 4 aliphatic carbocycles. The van der Waals surface area contributed by atoms with E-state index in [0.717, 1.165) is 41.8 Å². The van der Waals surface area contributed by atoms with Gasteiger partial charge in [0.25, 0.3) is 0 Å². The standard InChI is InChI=1S/C36H53NO3S/c1-6-7-8-11-28-23-37-33(41-28)36(19-20-36)32(40)16-18-34(3,4)31-15-14-29-25(10-9-17-35(29,31)5)12-13-26-21-27(38)22-30(39)24(26)2/h12-13,16,18,23,27,29-32,38-40H,2,6-11,14-15,17,19-22H2,1,3-5H3/b18-16+,25-12+,26-13-/t27-,29+,30+,31-,32+,35+/m1/s1. The minimum Gasteiger partial charge on any atom is -0.393 e. The molecule has 41 heavy (non-hydrogen) atoms. The van der Waals surface area contributed by atoms with E-state index >= 15 is 0 Å².